The van der Waals surface area contributed by atoms with Gasteiger partial charge in [0.05, 0.1) is 29.0 Å². The molecule has 0 spiro atoms. The second-order valence-electron chi connectivity index (χ2n) is 4.00. The molecule has 0 aliphatic heterocycles. The lowest BCUT2D eigenvalue weighted by Gasteiger charge is -2.21. The van der Waals surface area contributed by atoms with E-state index in [2.05, 4.69) is 0 Å². The second kappa shape index (κ2) is 6.58. The molecule has 0 bridgehead atoms. The third-order valence-corrected chi connectivity index (χ3v) is 2.87. The van der Waals surface area contributed by atoms with Gasteiger partial charge in [-0.25, -0.2) is 0 Å². The highest BCUT2D eigenvalue weighted by Crippen LogP contribution is 2.24. The smallest absolute Gasteiger partial charge is 0.255 e. The zero-order valence-electron chi connectivity index (χ0n) is 10.4. The van der Waals surface area contributed by atoms with Crippen molar-refractivity contribution in [3.63, 3.8) is 0 Å². The highest BCUT2D eigenvalue weighted by atomic mass is 35.5. The number of anilines is 1. The molecule has 100 valence electrons. The van der Waals surface area contributed by atoms with Gasteiger partial charge in [-0.3, -0.25) is 4.79 Å². The van der Waals surface area contributed by atoms with Gasteiger partial charge in [-0.05, 0) is 12.1 Å². The molecule has 18 heavy (non-hydrogen) atoms. The lowest BCUT2D eigenvalue weighted by molar-refractivity contribution is 0.0380. The van der Waals surface area contributed by atoms with Crippen LogP contribution in [0.15, 0.2) is 18.2 Å². The first-order valence-electron chi connectivity index (χ1n) is 5.43. The van der Waals surface area contributed by atoms with Crippen LogP contribution in [0.4, 0.5) is 5.69 Å². The number of carbonyl (C=O) groups excluding carboxylic acids is 1. The van der Waals surface area contributed by atoms with Crippen LogP contribution in [0.3, 0.4) is 0 Å². The van der Waals surface area contributed by atoms with Crippen molar-refractivity contribution in [3.05, 3.63) is 28.8 Å². The Balaban J connectivity index is 2.77. The average Bonchev–Trinajstić information content (AvgIpc) is 2.32. The number of aliphatic hydroxyl groups is 1. The van der Waals surface area contributed by atoms with E-state index in [0.717, 1.165) is 0 Å². The molecule has 5 nitrogen and oxygen atoms in total. The van der Waals surface area contributed by atoms with E-state index in [4.69, 9.17) is 22.1 Å². The maximum absolute atomic E-state index is 12.1. The number of nitrogen functional groups attached to an aromatic ring is 1. The van der Waals surface area contributed by atoms with E-state index in [1.807, 2.05) is 0 Å². The lowest BCUT2D eigenvalue weighted by atomic mass is 10.1. The Morgan fingerprint density at radius 2 is 2.28 bits per heavy atom. The zero-order valence-corrected chi connectivity index (χ0v) is 11.1. The number of ether oxygens (including phenoxy) is 1. The van der Waals surface area contributed by atoms with Crippen molar-refractivity contribution >= 4 is 23.2 Å². The summed E-state index contributed by atoms with van der Waals surface area (Å²) < 4.78 is 4.80. The summed E-state index contributed by atoms with van der Waals surface area (Å²) in [5.74, 6) is -0.289. The number of benzene rings is 1. The number of likely N-dealkylation sites (N-methyl/N-ethyl adjacent to an activating group) is 1. The fourth-order valence-corrected chi connectivity index (χ4v) is 1.77. The second-order valence-corrected chi connectivity index (χ2v) is 4.38. The topological polar surface area (TPSA) is 75.8 Å². The summed E-state index contributed by atoms with van der Waals surface area (Å²) in [5, 5.41) is 9.79. The normalized spacial score (nSPS) is 12.2. The van der Waals surface area contributed by atoms with E-state index >= 15 is 0 Å². The van der Waals surface area contributed by atoms with Gasteiger partial charge in [0, 0.05) is 20.7 Å². The third kappa shape index (κ3) is 3.60. The number of carbonyl (C=O) groups is 1. The maximum Gasteiger partial charge on any atom is 0.255 e. The molecule has 0 fully saturated rings. The van der Waals surface area contributed by atoms with Gasteiger partial charge >= 0.3 is 0 Å². The van der Waals surface area contributed by atoms with Crippen LogP contribution in [-0.2, 0) is 4.74 Å². The largest absolute Gasteiger partial charge is 0.398 e. The molecular formula is C12H17ClN2O3. The molecule has 1 atom stereocenters. The molecule has 1 unspecified atom stereocenters. The van der Waals surface area contributed by atoms with E-state index in [9.17, 15) is 9.90 Å². The van der Waals surface area contributed by atoms with Crippen molar-refractivity contribution in [2.24, 2.45) is 0 Å². The number of nitrogens with two attached hydrogens (primary N) is 1. The summed E-state index contributed by atoms with van der Waals surface area (Å²) in [4.78, 5) is 13.5. The van der Waals surface area contributed by atoms with Crippen molar-refractivity contribution in [3.8, 4) is 0 Å². The molecule has 0 radical (unpaired) electrons. The number of rotatable bonds is 5. The van der Waals surface area contributed by atoms with Crippen LogP contribution in [0.2, 0.25) is 5.02 Å². The lowest BCUT2D eigenvalue weighted by Crippen LogP contribution is -2.36. The monoisotopic (exact) mass is 272 g/mol. The SMILES string of the molecule is COCC(O)CN(C)C(=O)c1cccc(N)c1Cl. The summed E-state index contributed by atoms with van der Waals surface area (Å²) in [6.45, 7) is 0.333. The van der Waals surface area contributed by atoms with Crippen LogP contribution < -0.4 is 5.73 Å². The zero-order chi connectivity index (χ0) is 13.7. The van der Waals surface area contributed by atoms with Crippen LogP contribution in [0.25, 0.3) is 0 Å². The molecule has 0 saturated carbocycles. The minimum Gasteiger partial charge on any atom is -0.398 e. The number of halogens is 1. The van der Waals surface area contributed by atoms with Gasteiger partial charge in [0.25, 0.3) is 5.91 Å². The van der Waals surface area contributed by atoms with Gasteiger partial charge in [0.1, 0.15) is 0 Å². The van der Waals surface area contributed by atoms with Crippen molar-refractivity contribution in [2.75, 3.05) is 33.0 Å². The first kappa shape index (κ1) is 14.8. The first-order valence-corrected chi connectivity index (χ1v) is 5.81. The molecule has 0 aromatic heterocycles. The summed E-state index contributed by atoms with van der Waals surface area (Å²) in [7, 11) is 3.07. The van der Waals surface area contributed by atoms with Crippen molar-refractivity contribution in [1.82, 2.24) is 4.90 Å². The van der Waals surface area contributed by atoms with Gasteiger partial charge in [0.2, 0.25) is 0 Å². The number of nitrogens with zero attached hydrogens (tertiary/aromatic N) is 1. The van der Waals surface area contributed by atoms with Gasteiger partial charge in [-0.1, -0.05) is 17.7 Å². The molecule has 3 N–H and O–H groups in total. The van der Waals surface area contributed by atoms with Crippen LogP contribution in [-0.4, -0.2) is 49.3 Å². The Morgan fingerprint density at radius 1 is 1.61 bits per heavy atom. The van der Waals surface area contributed by atoms with Crippen molar-refractivity contribution < 1.29 is 14.6 Å². The number of hydrogen-bond donors (Lipinski definition) is 2. The van der Waals surface area contributed by atoms with E-state index in [0.29, 0.717) is 11.3 Å². The maximum atomic E-state index is 12.1. The molecule has 1 rings (SSSR count). The Labute approximate surface area is 111 Å². The van der Waals surface area contributed by atoms with Crippen LogP contribution in [0, 0.1) is 0 Å². The number of aliphatic hydroxyl groups excluding tert-OH is 1. The quantitative estimate of drug-likeness (QED) is 0.784. The highest BCUT2D eigenvalue weighted by Gasteiger charge is 2.18. The third-order valence-electron chi connectivity index (χ3n) is 2.45. The summed E-state index contributed by atoms with van der Waals surface area (Å²) >= 11 is 5.97. The molecule has 1 aromatic carbocycles. The molecular weight excluding hydrogens is 256 g/mol. The van der Waals surface area contributed by atoms with Crippen molar-refractivity contribution in [1.29, 1.82) is 0 Å². The minimum atomic E-state index is -0.733. The Morgan fingerprint density at radius 3 is 2.89 bits per heavy atom. The fourth-order valence-electron chi connectivity index (χ4n) is 1.56. The molecule has 6 heteroatoms. The Bertz CT molecular complexity index is 426. The summed E-state index contributed by atoms with van der Waals surface area (Å²) in [6.07, 6.45) is -0.733. The molecule has 0 aliphatic carbocycles. The predicted octanol–water partition coefficient (Wildman–Crippen LogP) is 1.00. The Kier molecular flexibility index (Phi) is 5.40. The minimum absolute atomic E-state index is 0.164. The average molecular weight is 273 g/mol. The van der Waals surface area contributed by atoms with Crippen LogP contribution >= 0.6 is 11.6 Å². The standard InChI is InChI=1S/C12H17ClN2O3/c1-15(6-8(16)7-18-2)12(17)9-4-3-5-10(14)11(9)13/h3-5,8,16H,6-7,14H2,1-2H3. The van der Waals surface area contributed by atoms with Crippen LogP contribution in [0.1, 0.15) is 10.4 Å². The van der Waals surface area contributed by atoms with Gasteiger partial charge < -0.3 is 20.5 Å². The molecule has 0 aliphatic rings. The van der Waals surface area contributed by atoms with Gasteiger partial charge in [-0.2, -0.15) is 0 Å². The highest BCUT2D eigenvalue weighted by molar-refractivity contribution is 6.36. The van der Waals surface area contributed by atoms with Gasteiger partial charge in [0.15, 0.2) is 0 Å². The molecule has 0 saturated heterocycles. The summed E-state index contributed by atoms with van der Waals surface area (Å²) in [6, 6.07) is 4.88. The van der Waals surface area contributed by atoms with E-state index < -0.39 is 6.10 Å². The number of amides is 1. The van der Waals surface area contributed by atoms with E-state index in [1.54, 1.807) is 25.2 Å². The number of methoxy groups -OCH3 is 1. The van der Waals surface area contributed by atoms with E-state index in [1.165, 1.54) is 12.0 Å². The molecule has 1 amide bonds. The summed E-state index contributed by atoms with van der Waals surface area (Å²) in [5.41, 5.74) is 6.31. The Hall–Kier alpha value is -1.30. The van der Waals surface area contributed by atoms with Gasteiger partial charge in [-0.15, -0.1) is 0 Å². The molecule has 1 aromatic rings. The molecule has 0 heterocycles. The fraction of sp³-hybridized carbons (Fsp3) is 0.417. The van der Waals surface area contributed by atoms with Crippen molar-refractivity contribution in [2.45, 2.75) is 6.10 Å². The number of hydrogen-bond acceptors (Lipinski definition) is 4. The first-order chi connectivity index (χ1) is 8.47. The van der Waals surface area contributed by atoms with Crippen LogP contribution in [0.5, 0.6) is 0 Å². The van der Waals surface area contributed by atoms with E-state index in [-0.39, 0.29) is 24.1 Å². The predicted molar refractivity (Wildman–Crippen MR) is 70.7 cm³/mol.